The summed E-state index contributed by atoms with van der Waals surface area (Å²) >= 11 is 0. The van der Waals surface area contributed by atoms with Crippen molar-refractivity contribution in [2.75, 3.05) is 13.7 Å². The normalized spacial score (nSPS) is 20.1. The molecule has 132 valence electrons. The monoisotopic (exact) mass is 347 g/mol. The number of amides is 1. The molecule has 1 saturated heterocycles. The molecule has 1 fully saturated rings. The molecule has 0 spiro atoms. The predicted molar refractivity (Wildman–Crippen MR) is 87.9 cm³/mol. The Kier molecular flexibility index (Phi) is 5.11. The van der Waals surface area contributed by atoms with Crippen LogP contribution in [0.1, 0.15) is 33.9 Å². The highest BCUT2D eigenvalue weighted by molar-refractivity contribution is 5.94. The van der Waals surface area contributed by atoms with Crippen LogP contribution >= 0.6 is 0 Å². The number of ether oxygens (including phenoxy) is 1. The third-order valence-electron chi connectivity index (χ3n) is 4.37. The van der Waals surface area contributed by atoms with Crippen LogP contribution in [0.5, 0.6) is 0 Å². The van der Waals surface area contributed by atoms with Crippen molar-refractivity contribution in [2.45, 2.75) is 25.2 Å². The summed E-state index contributed by atoms with van der Waals surface area (Å²) in [6, 6.07) is 9.35. The second-order valence-electron chi connectivity index (χ2n) is 6.16. The number of carbonyl (C=O) groups excluding carboxylic acids is 1. The summed E-state index contributed by atoms with van der Waals surface area (Å²) < 4.78 is 32.7. The van der Waals surface area contributed by atoms with Gasteiger partial charge in [0.2, 0.25) is 0 Å². The van der Waals surface area contributed by atoms with Gasteiger partial charge in [0, 0.05) is 24.8 Å². The second-order valence-corrected chi connectivity index (χ2v) is 6.16. The van der Waals surface area contributed by atoms with E-state index in [-0.39, 0.29) is 24.4 Å². The van der Waals surface area contributed by atoms with E-state index in [1.807, 2.05) is 0 Å². The van der Waals surface area contributed by atoms with Crippen LogP contribution in [-0.2, 0) is 11.3 Å². The zero-order valence-electron chi connectivity index (χ0n) is 13.8. The Morgan fingerprint density at radius 3 is 2.64 bits per heavy atom. The van der Waals surface area contributed by atoms with Crippen molar-refractivity contribution >= 4 is 5.91 Å². The minimum atomic E-state index is -0.774. The van der Waals surface area contributed by atoms with Gasteiger partial charge in [-0.3, -0.25) is 4.79 Å². The van der Waals surface area contributed by atoms with Crippen molar-refractivity contribution in [1.82, 2.24) is 4.90 Å². The molecule has 1 amide bonds. The van der Waals surface area contributed by atoms with Crippen molar-refractivity contribution in [2.24, 2.45) is 0 Å². The van der Waals surface area contributed by atoms with E-state index in [1.54, 1.807) is 31.4 Å². The van der Waals surface area contributed by atoms with Crippen molar-refractivity contribution in [3.63, 3.8) is 0 Å². The number of carbonyl (C=O) groups is 1. The van der Waals surface area contributed by atoms with Crippen LogP contribution in [0, 0.1) is 11.6 Å². The summed E-state index contributed by atoms with van der Waals surface area (Å²) in [6.45, 7) is 0.521. The van der Waals surface area contributed by atoms with E-state index < -0.39 is 23.8 Å². The topological polar surface area (TPSA) is 49.8 Å². The minimum Gasteiger partial charge on any atom is -0.391 e. The summed E-state index contributed by atoms with van der Waals surface area (Å²) in [6.07, 6.45) is -0.599. The average molecular weight is 347 g/mol. The third-order valence-corrected chi connectivity index (χ3v) is 4.37. The SMILES string of the molecule is COCc1ccc(C(=O)N2CC(O)CC2c2cc(F)ccc2F)cc1. The summed E-state index contributed by atoms with van der Waals surface area (Å²) in [7, 11) is 1.59. The number of likely N-dealkylation sites (tertiary alicyclic amines) is 1. The molecular weight excluding hydrogens is 328 g/mol. The molecule has 1 N–H and O–H groups in total. The molecule has 2 atom stereocenters. The molecule has 1 aliphatic rings. The van der Waals surface area contributed by atoms with Crippen LogP contribution in [0.4, 0.5) is 8.78 Å². The highest BCUT2D eigenvalue weighted by atomic mass is 19.1. The van der Waals surface area contributed by atoms with E-state index in [9.17, 15) is 18.7 Å². The maximum Gasteiger partial charge on any atom is 0.254 e. The van der Waals surface area contributed by atoms with E-state index in [2.05, 4.69) is 0 Å². The fourth-order valence-electron chi connectivity index (χ4n) is 3.18. The Morgan fingerprint density at radius 1 is 1.24 bits per heavy atom. The first-order valence-corrected chi connectivity index (χ1v) is 8.01. The summed E-state index contributed by atoms with van der Waals surface area (Å²) in [5, 5.41) is 9.97. The number of hydrogen-bond donors (Lipinski definition) is 1. The van der Waals surface area contributed by atoms with Crippen LogP contribution < -0.4 is 0 Å². The molecule has 0 bridgehead atoms. The quantitative estimate of drug-likeness (QED) is 0.925. The van der Waals surface area contributed by atoms with Crippen LogP contribution in [-0.4, -0.2) is 35.7 Å². The third kappa shape index (κ3) is 3.70. The number of nitrogens with zero attached hydrogens (tertiary/aromatic N) is 1. The molecule has 0 saturated carbocycles. The second kappa shape index (κ2) is 7.29. The van der Waals surface area contributed by atoms with Crippen LogP contribution in [0.25, 0.3) is 0 Å². The molecule has 2 aromatic rings. The van der Waals surface area contributed by atoms with Gasteiger partial charge in [0.1, 0.15) is 11.6 Å². The fourth-order valence-corrected chi connectivity index (χ4v) is 3.18. The van der Waals surface area contributed by atoms with Gasteiger partial charge in [0.25, 0.3) is 5.91 Å². The summed E-state index contributed by atoms with van der Waals surface area (Å²) in [4.78, 5) is 14.2. The number of halogens is 2. The molecule has 0 radical (unpaired) electrons. The lowest BCUT2D eigenvalue weighted by molar-refractivity contribution is 0.0713. The first-order valence-electron chi connectivity index (χ1n) is 8.01. The van der Waals surface area contributed by atoms with Gasteiger partial charge >= 0.3 is 0 Å². The molecular formula is C19H19F2NO3. The number of hydrogen-bond acceptors (Lipinski definition) is 3. The van der Waals surface area contributed by atoms with Gasteiger partial charge < -0.3 is 14.7 Å². The number of benzene rings is 2. The lowest BCUT2D eigenvalue weighted by atomic mass is 10.0. The van der Waals surface area contributed by atoms with E-state index in [0.717, 1.165) is 23.8 Å². The number of β-amino-alcohol motifs (C(OH)–C–C–N with tert-alkyl or cyclic N) is 1. The molecule has 1 aliphatic heterocycles. The van der Waals surface area contributed by atoms with Gasteiger partial charge in [-0.2, -0.15) is 0 Å². The van der Waals surface area contributed by atoms with E-state index >= 15 is 0 Å². The highest BCUT2D eigenvalue weighted by Crippen LogP contribution is 2.35. The Labute approximate surface area is 144 Å². The Morgan fingerprint density at radius 2 is 1.96 bits per heavy atom. The van der Waals surface area contributed by atoms with Crippen molar-refractivity contribution in [3.05, 3.63) is 70.8 Å². The maximum absolute atomic E-state index is 14.1. The zero-order valence-corrected chi connectivity index (χ0v) is 13.8. The average Bonchev–Trinajstić information content (AvgIpc) is 2.99. The Balaban J connectivity index is 1.88. The molecule has 2 aromatic carbocycles. The van der Waals surface area contributed by atoms with Gasteiger partial charge in [-0.15, -0.1) is 0 Å². The van der Waals surface area contributed by atoms with E-state index in [1.165, 1.54) is 4.90 Å². The standard InChI is InChI=1S/C19H19F2NO3/c1-25-11-12-2-4-13(5-3-12)19(24)22-10-15(23)9-18(22)16-8-14(20)6-7-17(16)21/h2-8,15,18,23H,9-11H2,1H3. The number of aliphatic hydroxyl groups excluding tert-OH is 1. The first-order chi connectivity index (χ1) is 12.0. The van der Waals surface area contributed by atoms with E-state index in [0.29, 0.717) is 12.2 Å². The molecule has 6 heteroatoms. The van der Waals surface area contributed by atoms with Gasteiger partial charge in [-0.25, -0.2) is 8.78 Å². The summed E-state index contributed by atoms with van der Waals surface area (Å²) in [5.74, 6) is -1.49. The number of rotatable bonds is 4. The van der Waals surface area contributed by atoms with Crippen LogP contribution in [0.2, 0.25) is 0 Å². The predicted octanol–water partition coefficient (Wildman–Crippen LogP) is 3.06. The van der Waals surface area contributed by atoms with E-state index in [4.69, 9.17) is 4.74 Å². The van der Waals surface area contributed by atoms with Gasteiger partial charge in [-0.1, -0.05) is 12.1 Å². The Bertz CT molecular complexity index is 764. The van der Waals surface area contributed by atoms with Crippen molar-refractivity contribution < 1.29 is 23.4 Å². The smallest absolute Gasteiger partial charge is 0.254 e. The largest absolute Gasteiger partial charge is 0.391 e. The lowest BCUT2D eigenvalue weighted by Crippen LogP contribution is -2.32. The molecule has 1 heterocycles. The molecule has 2 unspecified atom stereocenters. The zero-order chi connectivity index (χ0) is 18.0. The molecule has 3 rings (SSSR count). The fraction of sp³-hybridized carbons (Fsp3) is 0.316. The van der Waals surface area contributed by atoms with Gasteiger partial charge in [-0.05, 0) is 42.3 Å². The first kappa shape index (κ1) is 17.5. The number of methoxy groups -OCH3 is 1. The molecule has 0 aliphatic carbocycles. The molecule has 25 heavy (non-hydrogen) atoms. The highest BCUT2D eigenvalue weighted by Gasteiger charge is 2.37. The number of aliphatic hydroxyl groups is 1. The van der Waals surface area contributed by atoms with Gasteiger partial charge in [0.05, 0.1) is 18.8 Å². The van der Waals surface area contributed by atoms with Crippen molar-refractivity contribution in [3.8, 4) is 0 Å². The molecule has 4 nitrogen and oxygen atoms in total. The Hall–Kier alpha value is -2.31. The molecule has 0 aromatic heterocycles. The maximum atomic E-state index is 14.1. The van der Waals surface area contributed by atoms with Crippen LogP contribution in [0.3, 0.4) is 0 Å². The van der Waals surface area contributed by atoms with Gasteiger partial charge in [0.15, 0.2) is 0 Å². The summed E-state index contributed by atoms with van der Waals surface area (Å²) in [5.41, 5.74) is 1.44. The van der Waals surface area contributed by atoms with Crippen LogP contribution in [0.15, 0.2) is 42.5 Å². The minimum absolute atomic E-state index is 0.0826. The van der Waals surface area contributed by atoms with Crippen molar-refractivity contribution in [1.29, 1.82) is 0 Å². The lowest BCUT2D eigenvalue weighted by Gasteiger charge is -2.25.